The van der Waals surface area contributed by atoms with E-state index in [0.717, 1.165) is 55.0 Å². The molecule has 8 nitrogen and oxygen atoms in total. The molecule has 3 heterocycles. The van der Waals surface area contributed by atoms with Gasteiger partial charge in [-0.1, -0.05) is 0 Å². The van der Waals surface area contributed by atoms with Gasteiger partial charge in [-0.3, -0.25) is 4.99 Å². The molecule has 2 aromatic heterocycles. The monoisotopic (exact) mass is 549 g/mol. The molecule has 0 atom stereocenters. The van der Waals surface area contributed by atoms with E-state index in [4.69, 9.17) is 4.74 Å². The summed E-state index contributed by atoms with van der Waals surface area (Å²) in [5.74, 6) is 3.76. The van der Waals surface area contributed by atoms with E-state index in [1.165, 1.54) is 17.0 Å². The Morgan fingerprint density at radius 3 is 2.66 bits per heavy atom. The minimum atomic E-state index is 0. The number of hydrogen-bond donors (Lipinski definition) is 1. The molecule has 1 aliphatic heterocycles. The molecule has 172 valence electrons. The van der Waals surface area contributed by atoms with E-state index in [0.29, 0.717) is 6.54 Å². The number of rotatable bonds is 6. The summed E-state index contributed by atoms with van der Waals surface area (Å²) >= 11 is 0. The van der Waals surface area contributed by atoms with Crippen LogP contribution in [0.1, 0.15) is 35.0 Å². The minimum absolute atomic E-state index is 0. The number of methoxy groups -OCH3 is 1. The summed E-state index contributed by atoms with van der Waals surface area (Å²) < 4.78 is 9.78. The molecular weight excluding hydrogens is 517 g/mol. The normalized spacial score (nSPS) is 13.0. The van der Waals surface area contributed by atoms with Gasteiger partial charge in [0.25, 0.3) is 0 Å². The summed E-state index contributed by atoms with van der Waals surface area (Å²) in [5, 5.41) is 12.1. The van der Waals surface area contributed by atoms with Crippen molar-refractivity contribution in [3.63, 3.8) is 0 Å². The molecule has 32 heavy (non-hydrogen) atoms. The van der Waals surface area contributed by atoms with Crippen LogP contribution in [0.15, 0.2) is 35.3 Å². The third-order valence-corrected chi connectivity index (χ3v) is 5.94. The van der Waals surface area contributed by atoms with E-state index in [1.54, 1.807) is 7.11 Å². The van der Waals surface area contributed by atoms with Gasteiger partial charge in [0.2, 0.25) is 0 Å². The molecule has 0 fully saturated rings. The first-order chi connectivity index (χ1) is 15.0. The molecule has 1 aromatic carbocycles. The largest absolute Gasteiger partial charge is 0.497 e. The number of hydrogen-bond acceptors (Lipinski definition) is 4. The topological polar surface area (TPSA) is 72.5 Å². The minimum Gasteiger partial charge on any atom is -0.497 e. The highest BCUT2D eigenvalue weighted by Crippen LogP contribution is 2.23. The summed E-state index contributed by atoms with van der Waals surface area (Å²) in [6, 6.07) is 10.4. The molecule has 9 heteroatoms. The smallest absolute Gasteiger partial charge is 0.194 e. The van der Waals surface area contributed by atoms with Gasteiger partial charge in [0, 0.05) is 50.7 Å². The maximum Gasteiger partial charge on any atom is 0.194 e. The van der Waals surface area contributed by atoms with Crippen molar-refractivity contribution in [2.24, 2.45) is 4.99 Å². The maximum atomic E-state index is 5.29. The first-order valence-electron chi connectivity index (χ1n) is 10.7. The number of halogens is 1. The van der Waals surface area contributed by atoms with E-state index < -0.39 is 0 Å². The van der Waals surface area contributed by atoms with Crippen LogP contribution >= 0.6 is 24.0 Å². The third-order valence-electron chi connectivity index (χ3n) is 5.94. The molecule has 3 aromatic rings. The Hall–Kier alpha value is -2.56. The summed E-state index contributed by atoms with van der Waals surface area (Å²) in [4.78, 5) is 6.61. The Balaban J connectivity index is 0.00000289. The molecule has 0 bridgehead atoms. The number of fused-ring (bicyclic) bond motifs is 1. The van der Waals surface area contributed by atoms with Crippen molar-refractivity contribution in [1.82, 2.24) is 29.5 Å². The van der Waals surface area contributed by atoms with Crippen LogP contribution in [0.2, 0.25) is 0 Å². The van der Waals surface area contributed by atoms with Crippen LogP contribution in [0.3, 0.4) is 0 Å². The summed E-state index contributed by atoms with van der Waals surface area (Å²) in [7, 11) is 5.56. The lowest BCUT2D eigenvalue weighted by atomic mass is 10.2. The highest BCUT2D eigenvalue weighted by Gasteiger charge is 2.18. The van der Waals surface area contributed by atoms with Crippen LogP contribution in [0.4, 0.5) is 0 Å². The van der Waals surface area contributed by atoms with Gasteiger partial charge in [-0.25, -0.2) is 0 Å². The lowest BCUT2D eigenvalue weighted by Gasteiger charge is -2.22. The van der Waals surface area contributed by atoms with Crippen molar-refractivity contribution in [2.45, 2.75) is 46.3 Å². The highest BCUT2D eigenvalue weighted by atomic mass is 127. The van der Waals surface area contributed by atoms with Gasteiger partial charge in [0.05, 0.1) is 13.7 Å². The maximum absolute atomic E-state index is 5.29. The number of benzene rings is 1. The zero-order chi connectivity index (χ0) is 22.0. The van der Waals surface area contributed by atoms with E-state index in [1.807, 2.05) is 19.2 Å². The number of nitrogens with one attached hydrogen (secondary N) is 1. The molecule has 4 rings (SSSR count). The van der Waals surface area contributed by atoms with Gasteiger partial charge in [-0.2, -0.15) is 0 Å². The van der Waals surface area contributed by atoms with Crippen molar-refractivity contribution < 1.29 is 4.74 Å². The fraction of sp³-hybridized carbons (Fsp3) is 0.435. The van der Waals surface area contributed by atoms with Gasteiger partial charge >= 0.3 is 0 Å². The molecule has 0 amide bonds. The molecular formula is C23H32IN7O. The summed E-state index contributed by atoms with van der Waals surface area (Å²) in [6.45, 7) is 6.68. The fourth-order valence-electron chi connectivity index (χ4n) is 4.33. The molecule has 0 saturated carbocycles. The summed E-state index contributed by atoms with van der Waals surface area (Å²) in [6.07, 6.45) is 2.17. The number of aliphatic imine (C=N–C) groups is 1. The first kappa shape index (κ1) is 24.1. The highest BCUT2D eigenvalue weighted by molar-refractivity contribution is 14.0. The van der Waals surface area contributed by atoms with Crippen LogP contribution in [0.25, 0.3) is 5.69 Å². The van der Waals surface area contributed by atoms with Gasteiger partial charge in [0.1, 0.15) is 11.6 Å². The molecule has 0 unspecified atom stereocenters. The number of nitrogens with zero attached hydrogens (tertiary/aromatic N) is 6. The van der Waals surface area contributed by atoms with Crippen LogP contribution in [0.5, 0.6) is 5.75 Å². The van der Waals surface area contributed by atoms with Crippen molar-refractivity contribution >= 4 is 29.9 Å². The Morgan fingerprint density at radius 2 is 1.97 bits per heavy atom. The number of guanidine groups is 1. The Labute approximate surface area is 206 Å². The van der Waals surface area contributed by atoms with Crippen LogP contribution < -0.4 is 10.1 Å². The fourth-order valence-corrected chi connectivity index (χ4v) is 4.33. The Kier molecular flexibility index (Phi) is 7.81. The van der Waals surface area contributed by atoms with E-state index in [-0.39, 0.29) is 24.0 Å². The SMILES string of the molecule is CN=C(NCc1nnc2n1CCC2)N(C)Cc1cc(C)n(-c2ccc(OC)cc2)c1C.I. The molecule has 0 spiro atoms. The first-order valence-corrected chi connectivity index (χ1v) is 10.7. The molecule has 0 saturated heterocycles. The van der Waals surface area contributed by atoms with Crippen molar-refractivity contribution in [1.29, 1.82) is 0 Å². The van der Waals surface area contributed by atoms with Gasteiger partial charge in [0.15, 0.2) is 11.8 Å². The number of ether oxygens (including phenoxy) is 1. The van der Waals surface area contributed by atoms with Gasteiger partial charge in [-0.15, -0.1) is 34.2 Å². The van der Waals surface area contributed by atoms with Gasteiger partial charge in [-0.05, 0) is 56.2 Å². The predicted octanol–water partition coefficient (Wildman–Crippen LogP) is 3.47. The third kappa shape index (κ3) is 4.77. The van der Waals surface area contributed by atoms with Crippen LogP contribution in [0, 0.1) is 13.8 Å². The average molecular weight is 549 g/mol. The summed E-state index contributed by atoms with van der Waals surface area (Å²) in [5.41, 5.74) is 4.82. The molecule has 1 aliphatic rings. The molecule has 0 radical (unpaired) electrons. The second-order valence-corrected chi connectivity index (χ2v) is 7.97. The lowest BCUT2D eigenvalue weighted by molar-refractivity contribution is 0.414. The van der Waals surface area contributed by atoms with E-state index in [2.05, 4.69) is 73.6 Å². The quantitative estimate of drug-likeness (QED) is 0.290. The zero-order valence-electron chi connectivity index (χ0n) is 19.4. The predicted molar refractivity (Wildman–Crippen MR) is 137 cm³/mol. The second kappa shape index (κ2) is 10.4. The number of aryl methyl sites for hydroxylation is 2. The standard InChI is InChI=1S/C23H31N7O.HI/c1-16-13-18(17(2)30(16)19-8-10-20(31-5)11-9-19)15-28(4)23(24-3)25-14-22-27-26-21-7-6-12-29(21)22;/h8-11,13H,6-7,12,14-15H2,1-5H3,(H,24,25);1H. The molecule has 0 aliphatic carbocycles. The van der Waals surface area contributed by atoms with E-state index >= 15 is 0 Å². The Bertz CT molecular complexity index is 1080. The van der Waals surface area contributed by atoms with Crippen molar-refractivity contribution in [3.05, 3.63) is 58.9 Å². The van der Waals surface area contributed by atoms with Crippen LogP contribution in [-0.2, 0) is 26.1 Å². The zero-order valence-corrected chi connectivity index (χ0v) is 21.8. The van der Waals surface area contributed by atoms with Crippen molar-refractivity contribution in [2.75, 3.05) is 21.2 Å². The number of aromatic nitrogens is 4. The Morgan fingerprint density at radius 1 is 1.22 bits per heavy atom. The van der Waals surface area contributed by atoms with Gasteiger partial charge < -0.3 is 24.1 Å². The van der Waals surface area contributed by atoms with Crippen LogP contribution in [-0.4, -0.2) is 51.4 Å². The molecule has 1 N–H and O–H groups in total. The lowest BCUT2D eigenvalue weighted by Crippen LogP contribution is -2.38. The second-order valence-electron chi connectivity index (χ2n) is 7.97. The van der Waals surface area contributed by atoms with E-state index in [9.17, 15) is 0 Å². The van der Waals surface area contributed by atoms with Crippen molar-refractivity contribution in [3.8, 4) is 11.4 Å². The average Bonchev–Trinajstić information content (AvgIpc) is 3.45.